The molecule has 1 aliphatic heterocycles. The zero-order chi connectivity index (χ0) is 19.8. The van der Waals surface area contributed by atoms with Crippen LogP contribution in [0.1, 0.15) is 23.0 Å². The number of aryl methyl sites for hydroxylation is 1. The Morgan fingerprint density at radius 3 is 2.82 bits per heavy atom. The predicted octanol–water partition coefficient (Wildman–Crippen LogP) is 2.45. The first-order valence-corrected chi connectivity index (χ1v) is 9.58. The molecule has 8 nitrogen and oxygen atoms in total. The zero-order valence-corrected chi connectivity index (χ0v) is 16.4. The monoisotopic (exact) mass is 385 g/mol. The van der Waals surface area contributed by atoms with E-state index in [1.54, 1.807) is 19.1 Å². The molecule has 0 amide bonds. The topological polar surface area (TPSA) is 88.6 Å². The van der Waals surface area contributed by atoms with Gasteiger partial charge in [0.15, 0.2) is 0 Å². The first-order chi connectivity index (χ1) is 13.7. The molecular weight excluding hydrogens is 358 g/mol. The first kappa shape index (κ1) is 20.0. The maximum Gasteiger partial charge on any atom is 0.340 e. The van der Waals surface area contributed by atoms with Crippen LogP contribution in [0.2, 0.25) is 0 Å². The minimum atomic E-state index is -0.373. The number of esters is 1. The summed E-state index contributed by atoms with van der Waals surface area (Å²) in [5.74, 6) is 0.810. The lowest BCUT2D eigenvalue weighted by Gasteiger charge is -2.26. The number of ether oxygens (including phenoxy) is 2. The van der Waals surface area contributed by atoms with Crippen molar-refractivity contribution in [2.75, 3.05) is 56.6 Å². The molecule has 150 valence electrons. The molecule has 1 aliphatic rings. The molecule has 1 aromatic heterocycles. The van der Waals surface area contributed by atoms with Gasteiger partial charge in [0.05, 0.1) is 31.1 Å². The summed E-state index contributed by atoms with van der Waals surface area (Å²) in [5, 5.41) is 6.49. The van der Waals surface area contributed by atoms with Gasteiger partial charge in [-0.25, -0.2) is 9.78 Å². The number of hydrogen-bond acceptors (Lipinski definition) is 8. The maximum atomic E-state index is 12.2. The molecular formula is C20H27N5O3. The minimum absolute atomic E-state index is 0.325. The second-order valence-corrected chi connectivity index (χ2v) is 6.49. The lowest BCUT2D eigenvalue weighted by atomic mass is 10.2. The summed E-state index contributed by atoms with van der Waals surface area (Å²) < 4.78 is 10.5. The highest BCUT2D eigenvalue weighted by Gasteiger charge is 2.14. The van der Waals surface area contributed by atoms with Crippen LogP contribution in [0.25, 0.3) is 0 Å². The minimum Gasteiger partial charge on any atom is -0.462 e. The van der Waals surface area contributed by atoms with Gasteiger partial charge in [0, 0.05) is 37.9 Å². The first-order valence-electron chi connectivity index (χ1n) is 9.58. The normalized spacial score (nSPS) is 14.5. The number of anilines is 3. The van der Waals surface area contributed by atoms with E-state index in [4.69, 9.17) is 9.47 Å². The van der Waals surface area contributed by atoms with E-state index in [2.05, 4.69) is 25.5 Å². The van der Waals surface area contributed by atoms with Crippen molar-refractivity contribution >= 4 is 23.4 Å². The lowest BCUT2D eigenvalue weighted by Crippen LogP contribution is -2.39. The molecule has 0 radical (unpaired) electrons. The Morgan fingerprint density at radius 2 is 2.04 bits per heavy atom. The third-order valence-electron chi connectivity index (χ3n) is 4.36. The highest BCUT2D eigenvalue weighted by molar-refractivity contribution is 5.96. The predicted molar refractivity (Wildman–Crippen MR) is 108 cm³/mol. The van der Waals surface area contributed by atoms with Crippen molar-refractivity contribution in [1.29, 1.82) is 0 Å². The second-order valence-electron chi connectivity index (χ2n) is 6.49. The number of morpholine rings is 1. The zero-order valence-electron chi connectivity index (χ0n) is 16.4. The molecule has 0 saturated carbocycles. The molecule has 0 atom stereocenters. The smallest absolute Gasteiger partial charge is 0.340 e. The Morgan fingerprint density at radius 1 is 1.25 bits per heavy atom. The van der Waals surface area contributed by atoms with Gasteiger partial charge in [-0.3, -0.25) is 4.90 Å². The van der Waals surface area contributed by atoms with Crippen LogP contribution in [-0.4, -0.2) is 66.8 Å². The van der Waals surface area contributed by atoms with Crippen molar-refractivity contribution in [3.05, 3.63) is 41.6 Å². The number of rotatable bonds is 8. The standard InChI is InChI=1S/C20H27N5O3/c1-3-28-19(26)16-6-4-5-7-17(16)23-20-22-15(2)14-18(24-20)21-8-9-25-10-12-27-13-11-25/h4-7,14H,3,8-13H2,1-2H3,(H2,21,22,23,24). The Labute approximate surface area is 165 Å². The molecule has 0 aliphatic carbocycles. The summed E-state index contributed by atoms with van der Waals surface area (Å²) >= 11 is 0. The SMILES string of the molecule is CCOC(=O)c1ccccc1Nc1nc(C)cc(NCCN2CCOCC2)n1. The molecule has 2 aromatic rings. The third kappa shape index (κ3) is 5.64. The van der Waals surface area contributed by atoms with Crippen molar-refractivity contribution in [1.82, 2.24) is 14.9 Å². The van der Waals surface area contributed by atoms with Crippen molar-refractivity contribution in [3.63, 3.8) is 0 Å². The molecule has 3 rings (SSSR count). The van der Waals surface area contributed by atoms with Crippen LogP contribution in [-0.2, 0) is 9.47 Å². The van der Waals surface area contributed by atoms with Gasteiger partial charge < -0.3 is 20.1 Å². The quantitative estimate of drug-likeness (QED) is 0.670. The molecule has 2 heterocycles. The molecule has 1 fully saturated rings. The summed E-state index contributed by atoms with van der Waals surface area (Å²) in [4.78, 5) is 23.5. The third-order valence-corrected chi connectivity index (χ3v) is 4.36. The number of para-hydroxylation sites is 1. The second kappa shape index (κ2) is 10.0. The van der Waals surface area contributed by atoms with Crippen LogP contribution < -0.4 is 10.6 Å². The summed E-state index contributed by atoms with van der Waals surface area (Å²) in [5.41, 5.74) is 1.90. The summed E-state index contributed by atoms with van der Waals surface area (Å²) in [6.45, 7) is 9.25. The van der Waals surface area contributed by atoms with Gasteiger partial charge in [0.25, 0.3) is 0 Å². The highest BCUT2D eigenvalue weighted by atomic mass is 16.5. The number of nitrogens with one attached hydrogen (secondary N) is 2. The van der Waals surface area contributed by atoms with Crippen LogP contribution in [0.15, 0.2) is 30.3 Å². The number of aromatic nitrogens is 2. The highest BCUT2D eigenvalue weighted by Crippen LogP contribution is 2.21. The summed E-state index contributed by atoms with van der Waals surface area (Å²) in [6, 6.07) is 9.08. The van der Waals surface area contributed by atoms with Gasteiger partial charge in [-0.05, 0) is 26.0 Å². The number of nitrogens with zero attached hydrogens (tertiary/aromatic N) is 3. The average molecular weight is 385 g/mol. The van der Waals surface area contributed by atoms with Crippen LogP contribution >= 0.6 is 0 Å². The van der Waals surface area contributed by atoms with Gasteiger partial charge in [0.1, 0.15) is 5.82 Å². The van der Waals surface area contributed by atoms with Gasteiger partial charge in [-0.2, -0.15) is 4.98 Å². The van der Waals surface area contributed by atoms with Gasteiger partial charge >= 0.3 is 5.97 Å². The number of hydrogen-bond donors (Lipinski definition) is 2. The Kier molecular flexibility index (Phi) is 7.16. The molecule has 28 heavy (non-hydrogen) atoms. The van der Waals surface area contributed by atoms with Gasteiger partial charge in [0.2, 0.25) is 5.95 Å². The fraction of sp³-hybridized carbons (Fsp3) is 0.450. The molecule has 8 heteroatoms. The van der Waals surface area contributed by atoms with Crippen LogP contribution in [0.5, 0.6) is 0 Å². The van der Waals surface area contributed by atoms with Crippen LogP contribution in [0.3, 0.4) is 0 Å². The Balaban J connectivity index is 1.65. The molecule has 0 unspecified atom stereocenters. The van der Waals surface area contributed by atoms with Crippen molar-refractivity contribution in [2.45, 2.75) is 13.8 Å². The summed E-state index contributed by atoms with van der Waals surface area (Å²) in [7, 11) is 0. The van der Waals surface area contributed by atoms with Crippen molar-refractivity contribution in [2.24, 2.45) is 0 Å². The van der Waals surface area contributed by atoms with Crippen LogP contribution in [0.4, 0.5) is 17.5 Å². The number of carbonyl (C=O) groups is 1. The Hall–Kier alpha value is -2.71. The van der Waals surface area contributed by atoms with Crippen molar-refractivity contribution < 1.29 is 14.3 Å². The molecule has 1 aromatic carbocycles. The van der Waals surface area contributed by atoms with E-state index < -0.39 is 0 Å². The van der Waals surface area contributed by atoms with E-state index in [1.165, 1.54) is 0 Å². The summed E-state index contributed by atoms with van der Waals surface area (Å²) in [6.07, 6.45) is 0. The van der Waals surface area contributed by atoms with E-state index in [0.717, 1.165) is 50.9 Å². The van der Waals surface area contributed by atoms with E-state index in [9.17, 15) is 4.79 Å². The molecule has 1 saturated heterocycles. The fourth-order valence-corrected chi connectivity index (χ4v) is 2.98. The van der Waals surface area contributed by atoms with E-state index >= 15 is 0 Å². The van der Waals surface area contributed by atoms with Crippen molar-refractivity contribution in [3.8, 4) is 0 Å². The lowest BCUT2D eigenvalue weighted by molar-refractivity contribution is 0.0398. The van der Waals surface area contributed by atoms with Gasteiger partial charge in [-0.1, -0.05) is 12.1 Å². The van der Waals surface area contributed by atoms with E-state index in [1.807, 2.05) is 25.1 Å². The molecule has 2 N–H and O–H groups in total. The van der Waals surface area contributed by atoms with E-state index in [-0.39, 0.29) is 5.97 Å². The Bertz CT molecular complexity index is 793. The molecule has 0 bridgehead atoms. The fourth-order valence-electron chi connectivity index (χ4n) is 2.98. The van der Waals surface area contributed by atoms with Gasteiger partial charge in [-0.15, -0.1) is 0 Å². The van der Waals surface area contributed by atoms with E-state index in [0.29, 0.717) is 23.8 Å². The largest absolute Gasteiger partial charge is 0.462 e. The maximum absolute atomic E-state index is 12.2. The average Bonchev–Trinajstić information content (AvgIpc) is 2.69. The number of benzene rings is 1. The number of carbonyl (C=O) groups excluding carboxylic acids is 1. The molecule has 0 spiro atoms. The van der Waals surface area contributed by atoms with Crippen LogP contribution in [0, 0.1) is 6.92 Å².